The maximum Gasteiger partial charge on any atom is 0.224 e. The first-order valence-electron chi connectivity index (χ1n) is 38.0. The Labute approximate surface area is 608 Å². The number of anilines is 1. The van der Waals surface area contributed by atoms with Gasteiger partial charge in [0.2, 0.25) is 47.3 Å². The number of nitrogens with zero attached hydrogens (tertiary/aromatic N) is 7. The number of halogens is 1. The summed E-state index contributed by atoms with van der Waals surface area (Å²) in [6.45, 7) is 47.6. The number of carbonyl (C=O) groups is 8. The van der Waals surface area contributed by atoms with Crippen molar-refractivity contribution in [3.8, 4) is 6.07 Å². The van der Waals surface area contributed by atoms with Crippen LogP contribution < -0.4 is 11.1 Å². The van der Waals surface area contributed by atoms with Crippen LogP contribution in [0.2, 0.25) is 0 Å². The second-order valence-corrected chi connectivity index (χ2v) is 31.5. The highest BCUT2D eigenvalue weighted by molar-refractivity contribution is 5.90. The van der Waals surface area contributed by atoms with Crippen LogP contribution in [-0.2, 0) is 38.4 Å². The molecule has 0 radical (unpaired) electrons. The second-order valence-electron chi connectivity index (χ2n) is 31.5. The molecule has 0 bridgehead atoms. The van der Waals surface area contributed by atoms with Gasteiger partial charge in [-0.25, -0.2) is 4.39 Å². The first-order chi connectivity index (χ1) is 45.9. The minimum absolute atomic E-state index is 0.0355. The number of benzene rings is 1. The zero-order valence-electron chi connectivity index (χ0n) is 69.1. The van der Waals surface area contributed by atoms with Gasteiger partial charge in [-0.3, -0.25) is 38.4 Å². The average molecular weight is 1400 g/mol. The maximum atomic E-state index is 12.5. The summed E-state index contributed by atoms with van der Waals surface area (Å²) in [7, 11) is 12.9. The molecule has 1 aliphatic heterocycles. The lowest BCUT2D eigenvalue weighted by atomic mass is 9.94. The lowest BCUT2D eigenvalue weighted by Gasteiger charge is -2.31. The third-order valence-corrected chi connectivity index (χ3v) is 15.6. The summed E-state index contributed by atoms with van der Waals surface area (Å²) >= 11 is 0. The van der Waals surface area contributed by atoms with Crippen LogP contribution in [0.5, 0.6) is 0 Å². The predicted molar refractivity (Wildman–Crippen MR) is 416 cm³/mol. The molecule has 1 aromatic carbocycles. The van der Waals surface area contributed by atoms with Gasteiger partial charge < -0.3 is 40.4 Å². The van der Waals surface area contributed by atoms with Crippen molar-refractivity contribution in [2.24, 2.45) is 64.9 Å². The molecule has 1 aliphatic carbocycles. The molecule has 580 valence electrons. The molecule has 1 aromatic rings. The number of piperidine rings is 1. The van der Waals surface area contributed by atoms with E-state index in [1.54, 1.807) is 55.0 Å². The van der Waals surface area contributed by atoms with E-state index in [-0.39, 0.29) is 41.3 Å². The zero-order chi connectivity index (χ0) is 77.9. The number of primary amides is 1. The molecule has 0 spiro atoms. The first-order valence-corrected chi connectivity index (χ1v) is 38.0. The molecule has 1 saturated carbocycles. The van der Waals surface area contributed by atoms with Gasteiger partial charge in [-0.05, 0) is 155 Å². The Morgan fingerprint density at radius 2 is 0.879 bits per heavy atom. The fourth-order valence-corrected chi connectivity index (χ4v) is 8.96. The van der Waals surface area contributed by atoms with Crippen LogP contribution in [-0.4, -0.2) is 158 Å². The lowest BCUT2D eigenvalue weighted by molar-refractivity contribution is -0.133. The molecule has 99 heavy (non-hydrogen) atoms. The number of likely N-dealkylation sites (tertiary alicyclic amines) is 1. The molecule has 17 nitrogen and oxygen atoms in total. The standard InChI is InChI=1S/2C12H23NO.C11H14FNO.C11H23NO.2C8H17NO.C7H15NO.C6H13NO.C6H11N/c1-10(2)9-12(14)13(3)11-7-5-4-6-8-11;1-11(2)7-6-8-12(14)13-9-4-3-5-10-13;1-8(2)7-11(14)13-10-5-3-9(12)4-6-10;1-9(2)6-7-12(5)11(13)8-10(3)4;1-7(2)5-6-8(10)9(3)4;1-5-9(4)8(10)6-7(2)3;1-6(2)5-7(9)8(3)4;1-5(2)3-4-6(7)8;1-6(2)4-3-5-7/h10-11H,4-9H2,1-3H3;11H,3-10H2,1-2H3;3-6,8H,7H2,1-2H3,(H,13,14);9-10H,6-8H2,1-5H3;2*7H,5-6H2,1-4H3;6H,5H2,1-4H3;5H,3-4H2,1-2H3,(H2,7,8);6H,3-4H2,1-2H3. The lowest BCUT2D eigenvalue weighted by Crippen LogP contribution is -2.38. The van der Waals surface area contributed by atoms with E-state index in [2.05, 4.69) is 122 Å². The Morgan fingerprint density at radius 3 is 1.23 bits per heavy atom. The van der Waals surface area contributed by atoms with E-state index >= 15 is 0 Å². The number of nitrogens with one attached hydrogen (secondary N) is 1. The number of carbonyl (C=O) groups excluding carboxylic acids is 8. The van der Waals surface area contributed by atoms with Crippen LogP contribution >= 0.6 is 0 Å². The molecule has 0 aromatic heterocycles. The van der Waals surface area contributed by atoms with E-state index < -0.39 is 0 Å². The van der Waals surface area contributed by atoms with Gasteiger partial charge in [0.15, 0.2) is 0 Å². The highest BCUT2D eigenvalue weighted by Gasteiger charge is 2.22. The Bertz CT molecular complexity index is 2230. The summed E-state index contributed by atoms with van der Waals surface area (Å²) in [5.41, 5.74) is 5.54. The van der Waals surface area contributed by atoms with E-state index in [9.17, 15) is 42.7 Å². The van der Waals surface area contributed by atoms with Crippen molar-refractivity contribution in [2.45, 2.75) is 299 Å². The van der Waals surface area contributed by atoms with Crippen LogP contribution in [0.4, 0.5) is 10.1 Å². The van der Waals surface area contributed by atoms with E-state index in [0.717, 1.165) is 70.6 Å². The van der Waals surface area contributed by atoms with E-state index in [0.29, 0.717) is 128 Å². The Balaban J connectivity index is -0.000000248. The molecule has 2 fully saturated rings. The third-order valence-electron chi connectivity index (χ3n) is 15.6. The van der Waals surface area contributed by atoms with Crippen molar-refractivity contribution >= 4 is 52.9 Å². The summed E-state index contributed by atoms with van der Waals surface area (Å²) in [5.74, 6) is 6.66. The van der Waals surface area contributed by atoms with Gasteiger partial charge in [0.05, 0.1) is 6.07 Å². The Hall–Kier alpha value is -5.60. The Kier molecular flexibility index (Phi) is 69.3. The van der Waals surface area contributed by atoms with Crippen LogP contribution in [0.15, 0.2) is 24.3 Å². The molecule has 18 heteroatoms. The van der Waals surface area contributed by atoms with Gasteiger partial charge >= 0.3 is 0 Å². The minimum Gasteiger partial charge on any atom is -0.370 e. The fraction of sp³-hybridized carbons (Fsp3) is 0.815. The molecule has 1 heterocycles. The molecule has 1 saturated heterocycles. The quantitative estimate of drug-likeness (QED) is 0.0814. The summed E-state index contributed by atoms with van der Waals surface area (Å²) in [4.78, 5) is 100. The molecule has 0 atom stereocenters. The Morgan fingerprint density at radius 1 is 0.485 bits per heavy atom. The molecule has 0 unspecified atom stereocenters. The fourth-order valence-electron chi connectivity index (χ4n) is 8.96. The third kappa shape index (κ3) is 76.4. The zero-order valence-corrected chi connectivity index (χ0v) is 69.1. The summed E-state index contributed by atoms with van der Waals surface area (Å²) in [5, 5.41) is 10.8. The van der Waals surface area contributed by atoms with Crippen LogP contribution in [0.3, 0.4) is 0 Å². The largest absolute Gasteiger partial charge is 0.370 e. The van der Waals surface area contributed by atoms with E-state index in [4.69, 9.17) is 11.0 Å². The van der Waals surface area contributed by atoms with Crippen molar-refractivity contribution in [2.75, 3.05) is 80.8 Å². The smallest absolute Gasteiger partial charge is 0.224 e. The van der Waals surface area contributed by atoms with Gasteiger partial charge in [-0.1, -0.05) is 164 Å². The molecule has 3 rings (SSSR count). The number of hydrogen-bond donors (Lipinski definition) is 2. The average Bonchev–Trinajstić information content (AvgIpc) is 1.03. The normalized spacial score (nSPS) is 12.4. The second kappa shape index (κ2) is 65.7. The predicted octanol–water partition coefficient (Wildman–Crippen LogP) is 18.0. The number of nitrogens with two attached hydrogens (primary N) is 1. The van der Waals surface area contributed by atoms with Crippen LogP contribution in [0, 0.1) is 76.3 Å². The van der Waals surface area contributed by atoms with Crippen molar-refractivity contribution in [3.05, 3.63) is 30.1 Å². The highest BCUT2D eigenvalue weighted by Crippen LogP contribution is 2.23. The SMILES string of the molecule is CC(C)CC(=O)N(C)C.CC(C)CC(=O)N(C)C1CCCCC1.CC(C)CC(=O)Nc1ccc(F)cc1.CC(C)CCC#N.CC(C)CCC(=O)N(C)C.CC(C)CCC(N)=O.CC(C)CCCC(=O)N1CCCCC1.CC(C)CCN(C)C(=O)CC(C)C.CCN(C)C(=O)CC(C)C. The minimum atomic E-state index is -0.299. The molecular weight excluding hydrogens is 1250 g/mol. The van der Waals surface area contributed by atoms with Gasteiger partial charge in [0.1, 0.15) is 5.82 Å². The van der Waals surface area contributed by atoms with Crippen molar-refractivity contribution in [3.63, 3.8) is 0 Å². The van der Waals surface area contributed by atoms with Crippen LogP contribution in [0.25, 0.3) is 0 Å². The van der Waals surface area contributed by atoms with Crippen molar-refractivity contribution in [1.82, 2.24) is 29.4 Å². The molecule has 2 aliphatic rings. The first kappa shape index (κ1) is 104. The van der Waals surface area contributed by atoms with Crippen LogP contribution in [0.1, 0.15) is 293 Å². The topological polar surface area (TPSA) is 218 Å². The summed E-state index contributed by atoms with van der Waals surface area (Å²) in [6, 6.07) is 8.37. The van der Waals surface area contributed by atoms with Crippen molar-refractivity contribution in [1.29, 1.82) is 5.26 Å². The number of nitriles is 1. The monoisotopic (exact) mass is 1400 g/mol. The number of hydrogen-bond acceptors (Lipinski definition) is 9. The van der Waals surface area contributed by atoms with E-state index in [1.165, 1.54) is 69.9 Å². The van der Waals surface area contributed by atoms with Gasteiger partial charge in [-0.15, -0.1) is 0 Å². The molecule has 8 amide bonds. The highest BCUT2D eigenvalue weighted by atomic mass is 19.1. The molecular formula is C81H156FN9O8. The van der Waals surface area contributed by atoms with Gasteiger partial charge in [-0.2, -0.15) is 5.26 Å². The molecule has 3 N–H and O–H groups in total. The van der Waals surface area contributed by atoms with Gasteiger partial charge in [0, 0.05) is 145 Å². The van der Waals surface area contributed by atoms with Crippen molar-refractivity contribution < 1.29 is 42.7 Å². The summed E-state index contributed by atoms with van der Waals surface area (Å²) < 4.78 is 12.5. The van der Waals surface area contributed by atoms with E-state index in [1.807, 2.05) is 70.5 Å². The maximum absolute atomic E-state index is 12.5. The van der Waals surface area contributed by atoms with Gasteiger partial charge in [0.25, 0.3) is 0 Å². The summed E-state index contributed by atoms with van der Waals surface area (Å²) in [6.07, 6.45) is 22.2. The number of rotatable bonds is 28. The number of amides is 8.